The van der Waals surface area contributed by atoms with Crippen LogP contribution in [0.25, 0.3) is 0 Å². The molecule has 2 nitrogen and oxygen atoms in total. The summed E-state index contributed by atoms with van der Waals surface area (Å²) in [5, 5.41) is 9.66. The molecule has 0 amide bonds. The van der Waals surface area contributed by atoms with Gasteiger partial charge in [-0.2, -0.15) is 0 Å². The molecule has 0 aromatic heterocycles. The highest BCUT2D eigenvalue weighted by molar-refractivity contribution is 5.49. The lowest BCUT2D eigenvalue weighted by Crippen LogP contribution is -2.23. The van der Waals surface area contributed by atoms with Crippen molar-refractivity contribution in [2.75, 3.05) is 11.4 Å². The Balaban J connectivity index is 2.30. The van der Waals surface area contributed by atoms with Gasteiger partial charge in [0.2, 0.25) is 0 Å². The number of nitrogens with zero attached hydrogens (tertiary/aromatic N) is 1. The van der Waals surface area contributed by atoms with Crippen LogP contribution >= 0.6 is 0 Å². The summed E-state index contributed by atoms with van der Waals surface area (Å²) in [6.45, 7) is 2.68. The summed E-state index contributed by atoms with van der Waals surface area (Å²) in [5.74, 6) is -1.38. The Morgan fingerprint density at radius 2 is 1.68 bits per heavy atom. The number of rotatable bonds is 4. The quantitative estimate of drug-likeness (QED) is 0.909. The van der Waals surface area contributed by atoms with Crippen LogP contribution in [-0.2, 0) is 6.54 Å². The third kappa shape index (κ3) is 2.84. The molecule has 4 heteroatoms. The zero-order valence-corrected chi connectivity index (χ0v) is 10.6. The fraction of sp³-hybridized carbons (Fsp3) is 0.200. The van der Waals surface area contributed by atoms with E-state index in [-0.39, 0.29) is 18.1 Å². The van der Waals surface area contributed by atoms with Crippen LogP contribution in [0.2, 0.25) is 0 Å². The van der Waals surface area contributed by atoms with Gasteiger partial charge in [-0.05, 0) is 25.1 Å². The number of hydrogen-bond acceptors (Lipinski definition) is 2. The lowest BCUT2D eigenvalue weighted by molar-refractivity contribution is 0.425. The van der Waals surface area contributed by atoms with Crippen molar-refractivity contribution in [1.29, 1.82) is 0 Å². The summed E-state index contributed by atoms with van der Waals surface area (Å²) >= 11 is 0. The highest BCUT2D eigenvalue weighted by Crippen LogP contribution is 2.26. The number of hydrogen-bond donors (Lipinski definition) is 1. The lowest BCUT2D eigenvalue weighted by atomic mass is 10.1. The van der Waals surface area contributed by atoms with Gasteiger partial charge >= 0.3 is 0 Å². The molecule has 2 rings (SSSR count). The second kappa shape index (κ2) is 5.69. The molecular weight excluding hydrogens is 248 g/mol. The first-order valence-corrected chi connectivity index (χ1v) is 6.09. The van der Waals surface area contributed by atoms with Gasteiger partial charge < -0.3 is 10.0 Å². The van der Waals surface area contributed by atoms with Crippen LogP contribution in [-0.4, -0.2) is 11.7 Å². The van der Waals surface area contributed by atoms with Crippen molar-refractivity contribution in [2.24, 2.45) is 0 Å². The van der Waals surface area contributed by atoms with Gasteiger partial charge in [-0.15, -0.1) is 0 Å². The predicted molar refractivity (Wildman–Crippen MR) is 71.2 cm³/mol. The van der Waals surface area contributed by atoms with Gasteiger partial charge in [0, 0.05) is 18.7 Å². The largest absolute Gasteiger partial charge is 0.505 e. The van der Waals surface area contributed by atoms with Gasteiger partial charge in [-0.3, -0.25) is 0 Å². The van der Waals surface area contributed by atoms with Gasteiger partial charge in [-0.25, -0.2) is 8.78 Å². The first-order chi connectivity index (χ1) is 9.13. The van der Waals surface area contributed by atoms with Crippen LogP contribution < -0.4 is 4.90 Å². The number of phenols is 1. The maximum Gasteiger partial charge on any atom is 0.165 e. The Morgan fingerprint density at radius 1 is 1.00 bits per heavy atom. The topological polar surface area (TPSA) is 23.5 Å². The molecule has 0 aliphatic rings. The highest BCUT2D eigenvalue weighted by Gasteiger charge is 2.13. The third-order valence-corrected chi connectivity index (χ3v) is 3.01. The smallest absolute Gasteiger partial charge is 0.165 e. The first kappa shape index (κ1) is 13.3. The monoisotopic (exact) mass is 263 g/mol. The summed E-state index contributed by atoms with van der Waals surface area (Å²) in [6.07, 6.45) is 0. The molecule has 0 bridgehead atoms. The molecule has 0 fully saturated rings. The minimum absolute atomic E-state index is 0.251. The van der Waals surface area contributed by atoms with E-state index >= 15 is 0 Å². The van der Waals surface area contributed by atoms with Crippen LogP contribution in [0.3, 0.4) is 0 Å². The summed E-state index contributed by atoms with van der Waals surface area (Å²) < 4.78 is 27.0. The van der Waals surface area contributed by atoms with Gasteiger partial charge in [-0.1, -0.05) is 24.3 Å². The number of aromatic hydroxyl groups is 1. The van der Waals surface area contributed by atoms with Gasteiger partial charge in [0.25, 0.3) is 0 Å². The van der Waals surface area contributed by atoms with Gasteiger partial charge in [0.1, 0.15) is 5.82 Å². The molecule has 2 aromatic rings. The fourth-order valence-corrected chi connectivity index (χ4v) is 1.97. The summed E-state index contributed by atoms with van der Waals surface area (Å²) in [4.78, 5) is 1.74. The van der Waals surface area contributed by atoms with Gasteiger partial charge in [0.15, 0.2) is 11.6 Å². The molecule has 0 saturated carbocycles. The van der Waals surface area contributed by atoms with E-state index in [0.29, 0.717) is 17.8 Å². The van der Waals surface area contributed by atoms with Crippen LogP contribution in [0.4, 0.5) is 14.5 Å². The zero-order valence-electron chi connectivity index (χ0n) is 10.6. The third-order valence-electron chi connectivity index (χ3n) is 3.01. The first-order valence-electron chi connectivity index (χ1n) is 6.09. The maximum atomic E-state index is 13.7. The van der Waals surface area contributed by atoms with Crippen molar-refractivity contribution in [3.63, 3.8) is 0 Å². The molecule has 2 aromatic carbocycles. The Labute approximate surface area is 110 Å². The lowest BCUT2D eigenvalue weighted by Gasteiger charge is -2.24. The van der Waals surface area contributed by atoms with Crippen molar-refractivity contribution in [3.8, 4) is 5.75 Å². The molecular formula is C15H15F2NO. The van der Waals surface area contributed by atoms with E-state index in [2.05, 4.69) is 0 Å². The molecule has 0 atom stereocenters. The second-order valence-electron chi connectivity index (χ2n) is 4.21. The molecule has 0 heterocycles. The molecule has 0 unspecified atom stereocenters. The van der Waals surface area contributed by atoms with E-state index < -0.39 is 5.82 Å². The normalized spacial score (nSPS) is 10.5. The molecule has 100 valence electrons. The summed E-state index contributed by atoms with van der Waals surface area (Å²) in [5.41, 5.74) is 0.874. The van der Waals surface area contributed by atoms with Crippen LogP contribution in [0.15, 0.2) is 42.5 Å². The van der Waals surface area contributed by atoms with Crippen LogP contribution in [0.5, 0.6) is 5.75 Å². The average molecular weight is 263 g/mol. The molecule has 0 saturated heterocycles. The van der Waals surface area contributed by atoms with Crippen LogP contribution in [0, 0.1) is 11.6 Å². The zero-order chi connectivity index (χ0) is 13.8. The molecule has 0 aliphatic carbocycles. The van der Waals surface area contributed by atoms with E-state index in [4.69, 9.17) is 0 Å². The minimum atomic E-state index is -0.665. The van der Waals surface area contributed by atoms with Crippen molar-refractivity contribution in [2.45, 2.75) is 13.5 Å². The average Bonchev–Trinajstić information content (AvgIpc) is 2.41. The number of benzene rings is 2. The number of phenolic OH excluding ortho intramolecular Hbond substituents is 1. The molecule has 0 radical (unpaired) electrons. The SMILES string of the molecule is CCN(Cc1cccc(F)c1O)c1ccccc1F. The number of anilines is 1. The van der Waals surface area contributed by atoms with E-state index in [0.717, 1.165) is 0 Å². The summed E-state index contributed by atoms with van der Waals surface area (Å²) in [7, 11) is 0. The maximum absolute atomic E-state index is 13.7. The number of halogens is 2. The van der Waals surface area contributed by atoms with E-state index in [1.165, 1.54) is 18.2 Å². The molecule has 0 aliphatic heterocycles. The van der Waals surface area contributed by atoms with Crippen molar-refractivity contribution in [1.82, 2.24) is 0 Å². The van der Waals surface area contributed by atoms with Crippen LogP contribution in [0.1, 0.15) is 12.5 Å². The predicted octanol–water partition coefficient (Wildman–Crippen LogP) is 3.70. The highest BCUT2D eigenvalue weighted by atomic mass is 19.1. The summed E-state index contributed by atoms with van der Waals surface area (Å²) in [6, 6.07) is 10.7. The minimum Gasteiger partial charge on any atom is -0.505 e. The van der Waals surface area contributed by atoms with E-state index in [1.54, 1.807) is 29.2 Å². The Hall–Kier alpha value is -2.10. The van der Waals surface area contributed by atoms with Gasteiger partial charge in [0.05, 0.1) is 5.69 Å². The second-order valence-corrected chi connectivity index (χ2v) is 4.21. The van der Waals surface area contributed by atoms with E-state index in [1.807, 2.05) is 6.92 Å². The van der Waals surface area contributed by atoms with Crippen molar-refractivity contribution >= 4 is 5.69 Å². The van der Waals surface area contributed by atoms with E-state index in [9.17, 15) is 13.9 Å². The fourth-order valence-electron chi connectivity index (χ4n) is 1.97. The standard InChI is InChI=1S/C15H15F2NO/c1-2-18(14-9-4-3-7-12(14)16)10-11-6-5-8-13(17)15(11)19/h3-9,19H,2,10H2,1H3. The molecule has 19 heavy (non-hydrogen) atoms. The molecule has 1 N–H and O–H groups in total. The Morgan fingerprint density at radius 3 is 2.37 bits per heavy atom. The molecule has 0 spiro atoms. The van der Waals surface area contributed by atoms with Crippen molar-refractivity contribution in [3.05, 3.63) is 59.7 Å². The Bertz CT molecular complexity index is 572. The number of para-hydroxylation sites is 2. The van der Waals surface area contributed by atoms with Crippen molar-refractivity contribution < 1.29 is 13.9 Å². The Kier molecular flexibility index (Phi) is 4.00.